The topological polar surface area (TPSA) is 49.8 Å². The van der Waals surface area contributed by atoms with Crippen LogP contribution in [0.4, 0.5) is 0 Å². The Morgan fingerprint density at radius 3 is 2.89 bits per heavy atom. The van der Waals surface area contributed by atoms with Crippen LogP contribution in [0.15, 0.2) is 24.3 Å². The van der Waals surface area contributed by atoms with Gasteiger partial charge in [0.2, 0.25) is 0 Å². The predicted octanol–water partition coefficient (Wildman–Crippen LogP) is 2.45. The highest BCUT2D eigenvalue weighted by Gasteiger charge is 2.08. The summed E-state index contributed by atoms with van der Waals surface area (Å²) >= 11 is 1.83. The van der Waals surface area contributed by atoms with Gasteiger partial charge >= 0.3 is 5.97 Å². The number of hydrogen-bond acceptors (Lipinski definition) is 4. The maximum atomic E-state index is 10.8. The fraction of sp³-hybridized carbons (Fsp3) is 0.500. The highest BCUT2D eigenvalue weighted by molar-refractivity contribution is 7.98. The first-order chi connectivity index (χ1) is 9.04. The lowest BCUT2D eigenvalue weighted by Gasteiger charge is -2.23. The summed E-state index contributed by atoms with van der Waals surface area (Å²) in [5.74, 6) is 0.757. The molecule has 19 heavy (non-hydrogen) atoms. The van der Waals surface area contributed by atoms with Gasteiger partial charge in [-0.25, -0.2) is 4.79 Å². The third kappa shape index (κ3) is 5.53. The van der Waals surface area contributed by atoms with E-state index in [9.17, 15) is 4.79 Å². The molecule has 0 spiro atoms. The van der Waals surface area contributed by atoms with E-state index in [1.807, 2.05) is 11.8 Å². The molecule has 0 aromatic heterocycles. The molecule has 1 aromatic rings. The first kappa shape index (κ1) is 15.9. The van der Waals surface area contributed by atoms with Crippen LogP contribution >= 0.6 is 11.8 Å². The van der Waals surface area contributed by atoms with E-state index in [0.717, 1.165) is 12.3 Å². The number of carbonyl (C=O) groups is 1. The molecule has 0 saturated carbocycles. The molecule has 1 unspecified atom stereocenters. The molecule has 5 heteroatoms. The molecule has 1 N–H and O–H groups in total. The lowest BCUT2D eigenvalue weighted by atomic mass is 10.2. The van der Waals surface area contributed by atoms with Gasteiger partial charge in [0.1, 0.15) is 12.4 Å². The van der Waals surface area contributed by atoms with Crippen molar-refractivity contribution in [2.45, 2.75) is 13.0 Å². The summed E-state index contributed by atoms with van der Waals surface area (Å²) in [6.07, 6.45) is 2.10. The molecule has 0 radical (unpaired) electrons. The number of ether oxygens (including phenoxy) is 1. The lowest BCUT2D eigenvalue weighted by molar-refractivity contribution is 0.0696. The van der Waals surface area contributed by atoms with Crippen molar-refractivity contribution in [2.24, 2.45) is 0 Å². The number of nitrogens with zero attached hydrogens (tertiary/aromatic N) is 1. The van der Waals surface area contributed by atoms with Gasteiger partial charge in [0, 0.05) is 18.3 Å². The van der Waals surface area contributed by atoms with Crippen LogP contribution in [0.3, 0.4) is 0 Å². The molecule has 0 aliphatic heterocycles. The zero-order valence-corrected chi connectivity index (χ0v) is 12.4. The van der Waals surface area contributed by atoms with E-state index in [2.05, 4.69) is 25.1 Å². The van der Waals surface area contributed by atoms with Gasteiger partial charge in [-0.1, -0.05) is 6.07 Å². The van der Waals surface area contributed by atoms with Crippen molar-refractivity contribution in [1.29, 1.82) is 0 Å². The van der Waals surface area contributed by atoms with Gasteiger partial charge < -0.3 is 9.84 Å². The van der Waals surface area contributed by atoms with Gasteiger partial charge in [0.25, 0.3) is 0 Å². The Hall–Kier alpha value is -1.20. The largest absolute Gasteiger partial charge is 0.492 e. The van der Waals surface area contributed by atoms with Gasteiger partial charge in [-0.3, -0.25) is 4.90 Å². The third-order valence-corrected chi connectivity index (χ3v) is 3.77. The van der Waals surface area contributed by atoms with Crippen molar-refractivity contribution in [3.8, 4) is 5.75 Å². The Morgan fingerprint density at radius 1 is 1.53 bits per heavy atom. The minimum absolute atomic E-state index is 0.251. The van der Waals surface area contributed by atoms with E-state index in [4.69, 9.17) is 9.84 Å². The summed E-state index contributed by atoms with van der Waals surface area (Å²) in [7, 11) is 2.07. The Bertz CT molecular complexity index is 411. The van der Waals surface area contributed by atoms with E-state index < -0.39 is 5.97 Å². The van der Waals surface area contributed by atoms with Crippen molar-refractivity contribution < 1.29 is 14.6 Å². The number of thioether (sulfide) groups is 1. The number of likely N-dealkylation sites (N-methyl/N-ethyl adjacent to an activating group) is 1. The van der Waals surface area contributed by atoms with E-state index in [-0.39, 0.29) is 5.56 Å². The fourth-order valence-corrected chi connectivity index (χ4v) is 2.35. The van der Waals surface area contributed by atoms with Crippen LogP contribution in [0.5, 0.6) is 5.75 Å². The normalized spacial score (nSPS) is 12.4. The molecule has 4 nitrogen and oxygen atoms in total. The fourth-order valence-electron chi connectivity index (χ4n) is 1.62. The molecule has 0 fully saturated rings. The minimum Gasteiger partial charge on any atom is -0.492 e. The Balaban J connectivity index is 2.40. The molecule has 0 aliphatic carbocycles. The number of carboxylic acid groups (broad SMARTS) is 1. The van der Waals surface area contributed by atoms with Gasteiger partial charge in [0.05, 0.1) is 5.56 Å². The maximum absolute atomic E-state index is 10.8. The number of rotatable bonds is 8. The van der Waals surface area contributed by atoms with Crippen LogP contribution in [0.25, 0.3) is 0 Å². The van der Waals surface area contributed by atoms with Crippen molar-refractivity contribution in [3.63, 3.8) is 0 Å². The van der Waals surface area contributed by atoms with Crippen LogP contribution in [-0.2, 0) is 0 Å². The molecule has 1 aromatic carbocycles. The second-order valence-corrected chi connectivity index (χ2v) is 5.38. The molecule has 0 amide bonds. The average Bonchev–Trinajstić information content (AvgIpc) is 2.39. The molecule has 1 atom stereocenters. The zero-order valence-electron chi connectivity index (χ0n) is 11.6. The molecule has 0 heterocycles. The number of hydrogen-bond donors (Lipinski definition) is 1. The monoisotopic (exact) mass is 283 g/mol. The minimum atomic E-state index is -0.934. The molecule has 0 bridgehead atoms. The highest BCUT2D eigenvalue weighted by Crippen LogP contribution is 2.13. The van der Waals surface area contributed by atoms with Crippen molar-refractivity contribution in [1.82, 2.24) is 4.90 Å². The first-order valence-electron chi connectivity index (χ1n) is 6.20. The van der Waals surface area contributed by atoms with E-state index >= 15 is 0 Å². The van der Waals surface area contributed by atoms with Crippen LogP contribution in [0, 0.1) is 0 Å². The summed E-state index contributed by atoms with van der Waals surface area (Å²) in [6, 6.07) is 7.08. The Labute approximate surface area is 118 Å². The molecule has 1 rings (SSSR count). The molecule has 0 saturated heterocycles. The summed E-state index contributed by atoms with van der Waals surface area (Å²) in [6.45, 7) is 3.55. The van der Waals surface area contributed by atoms with Gasteiger partial charge in [-0.05, 0) is 38.4 Å². The zero-order chi connectivity index (χ0) is 14.3. The summed E-state index contributed by atoms with van der Waals surface area (Å²) < 4.78 is 5.58. The van der Waals surface area contributed by atoms with Crippen molar-refractivity contribution in [3.05, 3.63) is 29.8 Å². The van der Waals surface area contributed by atoms with E-state index in [1.165, 1.54) is 0 Å². The predicted molar refractivity (Wildman–Crippen MR) is 79.4 cm³/mol. The van der Waals surface area contributed by atoms with Crippen molar-refractivity contribution in [2.75, 3.05) is 32.2 Å². The van der Waals surface area contributed by atoms with Gasteiger partial charge in [0.15, 0.2) is 0 Å². The van der Waals surface area contributed by atoms with E-state index in [1.54, 1.807) is 24.3 Å². The van der Waals surface area contributed by atoms with Gasteiger partial charge in [-0.15, -0.1) is 0 Å². The van der Waals surface area contributed by atoms with E-state index in [0.29, 0.717) is 18.4 Å². The summed E-state index contributed by atoms with van der Waals surface area (Å²) in [5.41, 5.74) is 0.251. The SMILES string of the molecule is CSCC(C)N(C)CCOc1cccc(C(=O)O)c1. The molecule has 106 valence electrons. The van der Waals surface area contributed by atoms with Crippen LogP contribution < -0.4 is 4.74 Å². The third-order valence-electron chi connectivity index (χ3n) is 2.95. The lowest BCUT2D eigenvalue weighted by Crippen LogP contribution is -2.34. The number of aromatic carboxylic acids is 1. The maximum Gasteiger partial charge on any atom is 0.335 e. The first-order valence-corrected chi connectivity index (χ1v) is 7.59. The Kier molecular flexibility index (Phi) is 6.73. The summed E-state index contributed by atoms with van der Waals surface area (Å²) in [5, 5.41) is 8.89. The van der Waals surface area contributed by atoms with Crippen LogP contribution in [0.2, 0.25) is 0 Å². The van der Waals surface area contributed by atoms with Crippen LogP contribution in [-0.4, -0.2) is 54.2 Å². The second-order valence-electron chi connectivity index (χ2n) is 4.47. The Morgan fingerprint density at radius 2 is 2.26 bits per heavy atom. The quantitative estimate of drug-likeness (QED) is 0.794. The van der Waals surface area contributed by atoms with Crippen LogP contribution in [0.1, 0.15) is 17.3 Å². The molecular formula is C14H21NO3S. The highest BCUT2D eigenvalue weighted by atomic mass is 32.2. The molecule has 0 aliphatic rings. The summed E-state index contributed by atoms with van der Waals surface area (Å²) in [4.78, 5) is 13.1. The van der Waals surface area contributed by atoms with Crippen molar-refractivity contribution >= 4 is 17.7 Å². The number of benzene rings is 1. The smallest absolute Gasteiger partial charge is 0.335 e. The van der Waals surface area contributed by atoms with Gasteiger partial charge in [-0.2, -0.15) is 11.8 Å². The number of carboxylic acids is 1. The standard InChI is InChI=1S/C14H21NO3S/c1-11(10-19-3)15(2)7-8-18-13-6-4-5-12(9-13)14(16)17/h4-6,9,11H,7-8,10H2,1-3H3,(H,16,17). The average molecular weight is 283 g/mol. The molecular weight excluding hydrogens is 262 g/mol. The second kappa shape index (κ2) is 8.07.